The number of nitrogens with two attached hydrogens (primary N) is 1. The van der Waals surface area contributed by atoms with Gasteiger partial charge in [-0.15, -0.1) is 5.06 Å². The molecule has 1 heterocycles. The fourth-order valence-electron chi connectivity index (χ4n) is 1.90. The summed E-state index contributed by atoms with van der Waals surface area (Å²) in [7, 11) is 0. The van der Waals surface area contributed by atoms with Crippen LogP contribution >= 0.6 is 0 Å². The van der Waals surface area contributed by atoms with Crippen LogP contribution < -0.4 is 5.73 Å². The van der Waals surface area contributed by atoms with Gasteiger partial charge in [-0.1, -0.05) is 13.8 Å². The Morgan fingerprint density at radius 1 is 1.30 bits per heavy atom. The van der Waals surface area contributed by atoms with E-state index < -0.39 is 23.7 Å². The highest BCUT2D eigenvalue weighted by molar-refractivity contribution is 5.78. The van der Waals surface area contributed by atoms with Crippen molar-refractivity contribution in [2.75, 3.05) is 6.54 Å². The molecule has 0 amide bonds. The summed E-state index contributed by atoms with van der Waals surface area (Å²) < 4.78 is 5.34. The Bertz CT molecular complexity index is 363. The molecule has 1 rings (SSSR count). The Hall–Kier alpha value is -1.14. The number of nitrogens with zero attached hydrogens (tertiary/aromatic N) is 1. The summed E-state index contributed by atoms with van der Waals surface area (Å²) >= 11 is 0. The molecule has 1 saturated heterocycles. The number of ether oxygens (including phenoxy) is 1. The lowest BCUT2D eigenvalue weighted by molar-refractivity contribution is -0.205. The monoisotopic (exact) mass is 286 g/mol. The van der Waals surface area contributed by atoms with Crippen molar-refractivity contribution in [2.24, 2.45) is 11.7 Å². The minimum Gasteiger partial charge on any atom is -0.459 e. The highest BCUT2D eigenvalue weighted by Gasteiger charge is 2.37. The van der Waals surface area contributed by atoms with Crippen molar-refractivity contribution in [1.29, 1.82) is 0 Å². The minimum absolute atomic E-state index is 0.00919. The molecule has 0 aromatic carbocycles. The summed E-state index contributed by atoms with van der Waals surface area (Å²) in [4.78, 5) is 29.2. The quantitative estimate of drug-likeness (QED) is 0.783. The maximum atomic E-state index is 12.1. The molecule has 0 saturated carbocycles. The van der Waals surface area contributed by atoms with Gasteiger partial charge in [0.2, 0.25) is 0 Å². The van der Waals surface area contributed by atoms with Crippen LogP contribution in [0.15, 0.2) is 0 Å². The number of carbonyl (C=O) groups is 2. The van der Waals surface area contributed by atoms with Gasteiger partial charge in [0.15, 0.2) is 0 Å². The van der Waals surface area contributed by atoms with Crippen molar-refractivity contribution in [3.63, 3.8) is 0 Å². The second kappa shape index (κ2) is 6.54. The average Bonchev–Trinajstić information content (AvgIpc) is 2.73. The van der Waals surface area contributed by atoms with E-state index in [0.717, 1.165) is 6.42 Å². The maximum Gasteiger partial charge on any atom is 0.342 e. The molecule has 1 aliphatic rings. The molecule has 6 heteroatoms. The van der Waals surface area contributed by atoms with Gasteiger partial charge in [0.1, 0.15) is 17.7 Å². The lowest BCUT2D eigenvalue weighted by Crippen LogP contribution is -2.45. The normalized spacial score (nSPS) is 21.9. The Kier molecular flexibility index (Phi) is 5.53. The van der Waals surface area contributed by atoms with Crippen LogP contribution in [0.1, 0.15) is 47.5 Å². The zero-order chi connectivity index (χ0) is 15.5. The van der Waals surface area contributed by atoms with Crippen LogP contribution in [0.4, 0.5) is 0 Å². The molecule has 6 nitrogen and oxygen atoms in total. The topological polar surface area (TPSA) is 81.9 Å². The standard InChI is InChI=1S/C14H26N2O4/c1-9(2)11(15)13(18)20-16-8-6-7-10(16)12(17)19-14(3,4)5/h9-11H,6-8,15H2,1-5H3/t10?,11-/m0/s1. The van der Waals surface area contributed by atoms with Gasteiger partial charge >= 0.3 is 11.9 Å². The summed E-state index contributed by atoms with van der Waals surface area (Å²) in [5.74, 6) is -0.874. The van der Waals surface area contributed by atoms with E-state index in [4.69, 9.17) is 15.3 Å². The first kappa shape index (κ1) is 16.9. The summed E-state index contributed by atoms with van der Waals surface area (Å²) in [5.41, 5.74) is 5.19. The van der Waals surface area contributed by atoms with Crippen LogP contribution in [0, 0.1) is 5.92 Å². The van der Waals surface area contributed by atoms with E-state index in [1.807, 2.05) is 34.6 Å². The summed E-state index contributed by atoms with van der Waals surface area (Å²) in [6, 6.07) is -1.22. The summed E-state index contributed by atoms with van der Waals surface area (Å²) in [6.45, 7) is 9.66. The van der Waals surface area contributed by atoms with Crippen molar-refractivity contribution in [2.45, 2.75) is 65.1 Å². The van der Waals surface area contributed by atoms with E-state index >= 15 is 0 Å². The van der Waals surface area contributed by atoms with Crippen molar-refractivity contribution in [3.05, 3.63) is 0 Å². The highest BCUT2D eigenvalue weighted by atomic mass is 16.7. The van der Waals surface area contributed by atoms with Gasteiger partial charge in [0, 0.05) is 6.54 Å². The Labute approximate surface area is 120 Å². The van der Waals surface area contributed by atoms with Gasteiger partial charge in [0.05, 0.1) is 0 Å². The molecule has 116 valence electrons. The predicted octanol–water partition coefficient (Wildman–Crippen LogP) is 1.23. The largest absolute Gasteiger partial charge is 0.459 e. The maximum absolute atomic E-state index is 12.1. The fourth-order valence-corrected chi connectivity index (χ4v) is 1.90. The number of hydrogen-bond acceptors (Lipinski definition) is 6. The second-order valence-electron chi connectivity index (χ2n) is 6.51. The number of rotatable bonds is 4. The lowest BCUT2D eigenvalue weighted by atomic mass is 10.1. The van der Waals surface area contributed by atoms with Crippen LogP contribution in [0.25, 0.3) is 0 Å². The molecule has 2 atom stereocenters. The molecule has 1 fully saturated rings. The molecule has 0 radical (unpaired) electrons. The molecule has 20 heavy (non-hydrogen) atoms. The van der Waals surface area contributed by atoms with Crippen LogP contribution in [0.3, 0.4) is 0 Å². The van der Waals surface area contributed by atoms with E-state index in [-0.39, 0.29) is 11.9 Å². The van der Waals surface area contributed by atoms with Gasteiger partial charge in [0.25, 0.3) is 0 Å². The lowest BCUT2D eigenvalue weighted by Gasteiger charge is -2.27. The van der Waals surface area contributed by atoms with Crippen LogP contribution in [0.2, 0.25) is 0 Å². The Morgan fingerprint density at radius 2 is 1.90 bits per heavy atom. The van der Waals surface area contributed by atoms with E-state index in [9.17, 15) is 9.59 Å². The van der Waals surface area contributed by atoms with Gasteiger partial charge in [-0.2, -0.15) is 0 Å². The molecule has 0 bridgehead atoms. The molecule has 0 aromatic rings. The summed E-state index contributed by atoms with van der Waals surface area (Å²) in [6.07, 6.45) is 1.41. The zero-order valence-corrected chi connectivity index (χ0v) is 13.0. The number of hydroxylamine groups is 2. The first-order chi connectivity index (χ1) is 9.11. The Morgan fingerprint density at radius 3 is 2.40 bits per heavy atom. The molecule has 0 aromatic heterocycles. The third-order valence-corrected chi connectivity index (χ3v) is 3.08. The van der Waals surface area contributed by atoms with Gasteiger partial charge in [-0.3, -0.25) is 4.79 Å². The van der Waals surface area contributed by atoms with Gasteiger partial charge in [-0.05, 0) is 39.5 Å². The number of carbonyl (C=O) groups excluding carboxylic acids is 2. The minimum atomic E-state index is -0.685. The van der Waals surface area contributed by atoms with E-state index in [1.54, 1.807) is 0 Å². The van der Waals surface area contributed by atoms with Gasteiger partial charge in [-0.25, -0.2) is 4.79 Å². The first-order valence-corrected chi connectivity index (χ1v) is 7.08. The van der Waals surface area contributed by atoms with Crippen LogP contribution in [-0.2, 0) is 19.2 Å². The van der Waals surface area contributed by atoms with E-state index in [0.29, 0.717) is 13.0 Å². The average molecular weight is 286 g/mol. The van der Waals surface area contributed by atoms with Crippen molar-refractivity contribution >= 4 is 11.9 Å². The summed E-state index contributed by atoms with van der Waals surface area (Å²) in [5, 5.41) is 1.40. The molecule has 0 spiro atoms. The Balaban J connectivity index is 2.61. The van der Waals surface area contributed by atoms with Crippen molar-refractivity contribution in [3.8, 4) is 0 Å². The van der Waals surface area contributed by atoms with Crippen molar-refractivity contribution in [1.82, 2.24) is 5.06 Å². The molecule has 1 unspecified atom stereocenters. The molecule has 1 aliphatic heterocycles. The smallest absolute Gasteiger partial charge is 0.342 e. The third kappa shape index (κ3) is 4.76. The fraction of sp³-hybridized carbons (Fsp3) is 0.857. The first-order valence-electron chi connectivity index (χ1n) is 7.08. The van der Waals surface area contributed by atoms with Crippen LogP contribution in [0.5, 0.6) is 0 Å². The van der Waals surface area contributed by atoms with Crippen molar-refractivity contribution < 1.29 is 19.2 Å². The number of hydrogen-bond donors (Lipinski definition) is 1. The highest BCUT2D eigenvalue weighted by Crippen LogP contribution is 2.22. The molecular formula is C14H26N2O4. The second-order valence-corrected chi connectivity index (χ2v) is 6.51. The third-order valence-electron chi connectivity index (χ3n) is 3.08. The SMILES string of the molecule is CC(C)[C@H](N)C(=O)ON1CCCC1C(=O)OC(C)(C)C. The number of esters is 1. The van der Waals surface area contributed by atoms with Gasteiger partial charge < -0.3 is 15.3 Å². The molecular weight excluding hydrogens is 260 g/mol. The molecule has 2 N–H and O–H groups in total. The van der Waals surface area contributed by atoms with Crippen LogP contribution in [-0.4, -0.2) is 41.2 Å². The predicted molar refractivity (Wildman–Crippen MR) is 74.5 cm³/mol. The molecule has 0 aliphatic carbocycles. The van der Waals surface area contributed by atoms with E-state index in [1.165, 1.54) is 5.06 Å². The van der Waals surface area contributed by atoms with E-state index in [2.05, 4.69) is 0 Å². The zero-order valence-electron chi connectivity index (χ0n) is 13.0.